The lowest BCUT2D eigenvalue weighted by Gasteiger charge is -2.36. The molecule has 10 nitrogen and oxygen atoms in total. The Morgan fingerprint density at radius 3 is 2.80 bits per heavy atom. The molecule has 1 aromatic carbocycles. The van der Waals surface area contributed by atoms with Gasteiger partial charge in [0.25, 0.3) is 0 Å². The molecule has 6 rings (SSSR count). The number of benzene rings is 1. The predicted molar refractivity (Wildman–Crippen MR) is 144 cm³/mol. The van der Waals surface area contributed by atoms with Crippen molar-refractivity contribution in [1.82, 2.24) is 15.0 Å². The molecule has 2 amide bonds. The van der Waals surface area contributed by atoms with Crippen LogP contribution in [0.5, 0.6) is 5.88 Å². The first-order chi connectivity index (χ1) is 19.5. The Balaban J connectivity index is 1.25. The average Bonchev–Trinajstić information content (AvgIpc) is 3.49. The second kappa shape index (κ2) is 10.1. The molecule has 2 bridgehead atoms. The molecule has 5 heterocycles. The zero-order valence-corrected chi connectivity index (χ0v) is 22.7. The van der Waals surface area contributed by atoms with Crippen LogP contribution >= 0.6 is 0 Å². The Bertz CT molecular complexity index is 1480. The third-order valence-electron chi connectivity index (χ3n) is 7.25. The van der Waals surface area contributed by atoms with E-state index < -0.39 is 23.6 Å². The van der Waals surface area contributed by atoms with E-state index in [1.807, 2.05) is 13.8 Å². The Morgan fingerprint density at radius 1 is 1.22 bits per heavy atom. The van der Waals surface area contributed by atoms with Crippen molar-refractivity contribution >= 4 is 23.2 Å². The standard InChI is InChI=1S/C28H29F3N6O4/c1-16-23-25(35-24(33-16)17-5-4-6-18(11-17)28(29,30)31)37(20-8-10-36(23)13-20)26(38)34-19-7-9-32-22(12-19)39-14-21-15-40-27(2,3)41-21/h4-7,9,11-12,20-21H,8,10,13-15H2,1-3H3,(H,32,34,38)/t20?,21-/m1/s1. The van der Waals surface area contributed by atoms with Gasteiger partial charge in [-0.1, -0.05) is 12.1 Å². The number of amides is 2. The number of carbonyl (C=O) groups excluding carboxylic acids is 1. The van der Waals surface area contributed by atoms with Gasteiger partial charge in [-0.05, 0) is 45.4 Å². The van der Waals surface area contributed by atoms with Crippen LogP contribution in [0, 0.1) is 6.92 Å². The summed E-state index contributed by atoms with van der Waals surface area (Å²) in [6, 6.07) is 7.56. The molecule has 2 atom stereocenters. The third kappa shape index (κ3) is 5.51. The minimum atomic E-state index is -4.50. The number of anilines is 3. The van der Waals surface area contributed by atoms with Crippen LogP contribution in [0.4, 0.5) is 35.2 Å². The number of carbonyl (C=O) groups is 1. The fraction of sp³-hybridized carbons (Fsp3) is 0.429. The highest BCUT2D eigenvalue weighted by molar-refractivity contribution is 6.05. The van der Waals surface area contributed by atoms with Crippen LogP contribution in [0.1, 0.15) is 31.5 Å². The molecular weight excluding hydrogens is 541 g/mol. The molecule has 1 N–H and O–H groups in total. The second-order valence-corrected chi connectivity index (χ2v) is 10.7. The number of urea groups is 1. The first-order valence-corrected chi connectivity index (χ1v) is 13.3. The summed E-state index contributed by atoms with van der Waals surface area (Å²) >= 11 is 0. The molecule has 216 valence electrons. The van der Waals surface area contributed by atoms with Crippen LogP contribution in [0.25, 0.3) is 11.4 Å². The molecular formula is C28H29F3N6O4. The number of nitrogens with zero attached hydrogens (tertiary/aromatic N) is 5. The predicted octanol–water partition coefficient (Wildman–Crippen LogP) is 5.03. The number of hydrogen-bond acceptors (Lipinski definition) is 8. The summed E-state index contributed by atoms with van der Waals surface area (Å²) in [5.74, 6) is 0.129. The van der Waals surface area contributed by atoms with E-state index >= 15 is 0 Å². The molecule has 2 fully saturated rings. The van der Waals surface area contributed by atoms with Gasteiger partial charge in [0.2, 0.25) is 5.88 Å². The number of ether oxygens (including phenoxy) is 3. The maximum atomic E-state index is 13.7. The van der Waals surface area contributed by atoms with Gasteiger partial charge in [0.15, 0.2) is 17.4 Å². The fourth-order valence-electron chi connectivity index (χ4n) is 5.42. The molecule has 3 aromatic rings. The summed E-state index contributed by atoms with van der Waals surface area (Å²) < 4.78 is 57.2. The molecule has 41 heavy (non-hydrogen) atoms. The zero-order valence-electron chi connectivity index (χ0n) is 22.7. The van der Waals surface area contributed by atoms with Crippen LogP contribution in [-0.4, -0.2) is 65.2 Å². The molecule has 3 aliphatic rings. The van der Waals surface area contributed by atoms with Gasteiger partial charge in [-0.2, -0.15) is 13.2 Å². The second-order valence-electron chi connectivity index (χ2n) is 10.7. The van der Waals surface area contributed by atoms with Gasteiger partial charge in [-0.15, -0.1) is 0 Å². The number of alkyl halides is 3. The van der Waals surface area contributed by atoms with Gasteiger partial charge in [0, 0.05) is 36.6 Å². The van der Waals surface area contributed by atoms with Gasteiger partial charge >= 0.3 is 12.2 Å². The van der Waals surface area contributed by atoms with E-state index in [4.69, 9.17) is 14.2 Å². The van der Waals surface area contributed by atoms with Crippen molar-refractivity contribution in [2.45, 2.75) is 51.3 Å². The minimum absolute atomic E-state index is 0.119. The number of pyridine rings is 1. The molecule has 2 saturated heterocycles. The Labute approximate surface area is 234 Å². The highest BCUT2D eigenvalue weighted by atomic mass is 19.4. The van der Waals surface area contributed by atoms with Crippen molar-refractivity contribution in [3.8, 4) is 17.3 Å². The van der Waals surface area contributed by atoms with Crippen LogP contribution < -0.4 is 19.9 Å². The van der Waals surface area contributed by atoms with Crippen molar-refractivity contribution in [3.63, 3.8) is 0 Å². The third-order valence-corrected chi connectivity index (χ3v) is 7.25. The molecule has 0 saturated carbocycles. The summed E-state index contributed by atoms with van der Waals surface area (Å²) in [5, 5.41) is 2.91. The Hall–Kier alpha value is -3.97. The van der Waals surface area contributed by atoms with Crippen molar-refractivity contribution in [2.75, 3.05) is 41.4 Å². The lowest BCUT2D eigenvalue weighted by Crippen LogP contribution is -2.48. The number of rotatable bonds is 5. The first kappa shape index (κ1) is 27.2. The van der Waals surface area contributed by atoms with Crippen LogP contribution in [0.3, 0.4) is 0 Å². The van der Waals surface area contributed by atoms with Gasteiger partial charge in [0.1, 0.15) is 18.4 Å². The van der Waals surface area contributed by atoms with Gasteiger partial charge in [-0.3, -0.25) is 4.90 Å². The van der Waals surface area contributed by atoms with E-state index in [0.717, 1.165) is 12.1 Å². The van der Waals surface area contributed by atoms with Crippen molar-refractivity contribution in [2.24, 2.45) is 0 Å². The lowest BCUT2D eigenvalue weighted by atomic mass is 10.1. The zero-order chi connectivity index (χ0) is 28.9. The molecule has 0 radical (unpaired) electrons. The topological polar surface area (TPSA) is 102 Å². The van der Waals surface area contributed by atoms with E-state index in [9.17, 15) is 18.0 Å². The average molecular weight is 571 g/mol. The van der Waals surface area contributed by atoms with E-state index in [2.05, 4.69) is 25.2 Å². The summed E-state index contributed by atoms with van der Waals surface area (Å²) in [5.41, 5.74) is 1.18. The van der Waals surface area contributed by atoms with Crippen LogP contribution in [-0.2, 0) is 15.7 Å². The molecule has 0 aliphatic carbocycles. The number of fused-ring (bicyclic) bond motifs is 4. The number of hydrogen-bond donors (Lipinski definition) is 1. The maximum Gasteiger partial charge on any atom is 0.416 e. The summed E-state index contributed by atoms with van der Waals surface area (Å²) in [6.07, 6.45) is -2.50. The highest BCUT2D eigenvalue weighted by Gasteiger charge is 2.42. The summed E-state index contributed by atoms with van der Waals surface area (Å²) in [4.78, 5) is 30.8. The number of aryl methyl sites for hydroxylation is 1. The van der Waals surface area contributed by atoms with E-state index in [-0.39, 0.29) is 30.1 Å². The maximum absolute atomic E-state index is 13.7. The number of nitrogens with one attached hydrogen (secondary N) is 1. The van der Waals surface area contributed by atoms with Crippen molar-refractivity contribution in [1.29, 1.82) is 0 Å². The van der Waals surface area contributed by atoms with Crippen LogP contribution in [0.15, 0.2) is 42.6 Å². The molecule has 13 heteroatoms. The molecule has 0 spiro atoms. The highest BCUT2D eigenvalue weighted by Crippen LogP contribution is 2.42. The molecule has 1 unspecified atom stereocenters. The normalized spacial score (nSPS) is 21.1. The fourth-order valence-corrected chi connectivity index (χ4v) is 5.42. The van der Waals surface area contributed by atoms with Crippen molar-refractivity contribution < 1.29 is 32.2 Å². The molecule has 2 aromatic heterocycles. The number of aromatic nitrogens is 3. The number of halogens is 3. The summed E-state index contributed by atoms with van der Waals surface area (Å²) in [7, 11) is 0. The van der Waals surface area contributed by atoms with E-state index in [1.165, 1.54) is 18.3 Å². The smallest absolute Gasteiger partial charge is 0.416 e. The largest absolute Gasteiger partial charge is 0.475 e. The van der Waals surface area contributed by atoms with E-state index in [0.29, 0.717) is 54.9 Å². The van der Waals surface area contributed by atoms with Gasteiger partial charge in [-0.25, -0.2) is 19.7 Å². The monoisotopic (exact) mass is 570 g/mol. The summed E-state index contributed by atoms with van der Waals surface area (Å²) in [6.45, 7) is 7.40. The SMILES string of the molecule is Cc1nc(-c2cccc(C(F)(F)F)c2)nc2c1N1CCC(C1)N2C(=O)Nc1ccnc(OC[C@@H]2COC(C)(C)O2)c1. The quantitative estimate of drug-likeness (QED) is 0.456. The van der Waals surface area contributed by atoms with E-state index in [1.54, 1.807) is 24.0 Å². The van der Waals surface area contributed by atoms with Crippen LogP contribution in [0.2, 0.25) is 0 Å². The Morgan fingerprint density at radius 2 is 2.05 bits per heavy atom. The Kier molecular flexibility index (Phi) is 6.73. The van der Waals surface area contributed by atoms with Gasteiger partial charge < -0.3 is 24.4 Å². The lowest BCUT2D eigenvalue weighted by molar-refractivity contribution is -0.141. The minimum Gasteiger partial charge on any atom is -0.475 e. The van der Waals surface area contributed by atoms with Gasteiger partial charge in [0.05, 0.1) is 23.9 Å². The molecule has 3 aliphatic heterocycles. The van der Waals surface area contributed by atoms with Crippen molar-refractivity contribution in [3.05, 3.63) is 53.9 Å². The first-order valence-electron chi connectivity index (χ1n) is 13.3.